The van der Waals surface area contributed by atoms with Gasteiger partial charge in [-0.25, -0.2) is 0 Å². The monoisotopic (exact) mass is 304 g/mol. The standard InChI is InChI=1S/C14H16ClF3N2/c1-13(2,9-19)6-3-7-20-12-8-10(14(16,17)18)4-5-11(12)15/h4-5,8,20H,3,6-7H2,1-2H3. The fourth-order valence-electron chi connectivity index (χ4n) is 1.65. The number of nitrogens with zero attached hydrogens (tertiary/aromatic N) is 1. The van der Waals surface area contributed by atoms with E-state index in [2.05, 4.69) is 11.4 Å². The van der Waals surface area contributed by atoms with Gasteiger partial charge in [0.15, 0.2) is 0 Å². The highest BCUT2D eigenvalue weighted by Gasteiger charge is 2.30. The van der Waals surface area contributed by atoms with Crippen LogP contribution in [0.5, 0.6) is 0 Å². The summed E-state index contributed by atoms with van der Waals surface area (Å²) in [6, 6.07) is 5.35. The predicted octanol–water partition coefficient (Wildman–Crippen LogP) is 5.10. The average molecular weight is 305 g/mol. The fourth-order valence-corrected chi connectivity index (χ4v) is 1.83. The normalized spacial score (nSPS) is 12.1. The molecule has 1 rings (SSSR count). The second-order valence-corrected chi connectivity index (χ2v) is 5.63. The minimum atomic E-state index is -4.39. The fraction of sp³-hybridized carbons (Fsp3) is 0.500. The molecule has 0 bridgehead atoms. The number of halogens is 4. The molecule has 0 aliphatic carbocycles. The van der Waals surface area contributed by atoms with Crippen molar-refractivity contribution in [2.24, 2.45) is 5.41 Å². The molecule has 0 aromatic heterocycles. The third-order valence-corrected chi connectivity index (χ3v) is 3.22. The van der Waals surface area contributed by atoms with Crippen molar-refractivity contribution in [3.8, 4) is 6.07 Å². The third-order valence-electron chi connectivity index (χ3n) is 2.89. The summed E-state index contributed by atoms with van der Waals surface area (Å²) in [5, 5.41) is 12.0. The van der Waals surface area contributed by atoms with E-state index in [4.69, 9.17) is 16.9 Å². The Bertz CT molecular complexity index is 504. The van der Waals surface area contributed by atoms with E-state index in [1.165, 1.54) is 6.07 Å². The van der Waals surface area contributed by atoms with Crippen LogP contribution in [0.15, 0.2) is 18.2 Å². The Balaban J connectivity index is 2.63. The summed E-state index contributed by atoms with van der Waals surface area (Å²) in [6.07, 6.45) is -3.05. The van der Waals surface area contributed by atoms with Crippen LogP contribution in [0.25, 0.3) is 0 Å². The van der Waals surface area contributed by atoms with Gasteiger partial charge in [0.1, 0.15) is 0 Å². The lowest BCUT2D eigenvalue weighted by Crippen LogP contribution is -2.12. The highest BCUT2D eigenvalue weighted by molar-refractivity contribution is 6.33. The Morgan fingerprint density at radius 2 is 1.95 bits per heavy atom. The number of alkyl halides is 3. The molecule has 0 spiro atoms. The van der Waals surface area contributed by atoms with Gasteiger partial charge in [-0.3, -0.25) is 0 Å². The number of rotatable bonds is 5. The summed E-state index contributed by atoms with van der Waals surface area (Å²) in [5.41, 5.74) is -0.905. The lowest BCUT2D eigenvalue weighted by molar-refractivity contribution is -0.137. The first-order chi connectivity index (χ1) is 9.15. The quantitative estimate of drug-likeness (QED) is 0.768. The van der Waals surface area contributed by atoms with Crippen molar-refractivity contribution in [1.82, 2.24) is 0 Å². The van der Waals surface area contributed by atoms with E-state index in [1.807, 2.05) is 13.8 Å². The predicted molar refractivity (Wildman–Crippen MR) is 73.6 cm³/mol. The van der Waals surface area contributed by atoms with Gasteiger partial charge in [0, 0.05) is 6.54 Å². The smallest absolute Gasteiger partial charge is 0.384 e. The first kappa shape index (κ1) is 16.6. The first-order valence-corrected chi connectivity index (χ1v) is 6.55. The van der Waals surface area contributed by atoms with E-state index < -0.39 is 17.2 Å². The molecular weight excluding hydrogens is 289 g/mol. The van der Waals surface area contributed by atoms with Crippen LogP contribution < -0.4 is 5.32 Å². The van der Waals surface area contributed by atoms with Crippen molar-refractivity contribution in [1.29, 1.82) is 5.26 Å². The zero-order chi connectivity index (χ0) is 15.4. The first-order valence-electron chi connectivity index (χ1n) is 6.17. The lowest BCUT2D eigenvalue weighted by atomic mass is 9.90. The van der Waals surface area contributed by atoms with E-state index in [0.29, 0.717) is 19.4 Å². The van der Waals surface area contributed by atoms with Gasteiger partial charge in [-0.1, -0.05) is 11.6 Å². The van der Waals surface area contributed by atoms with Gasteiger partial charge in [0.05, 0.1) is 27.8 Å². The summed E-state index contributed by atoms with van der Waals surface area (Å²) in [7, 11) is 0. The van der Waals surface area contributed by atoms with E-state index in [-0.39, 0.29) is 10.7 Å². The van der Waals surface area contributed by atoms with Crippen LogP contribution in [0.4, 0.5) is 18.9 Å². The average Bonchev–Trinajstić information content (AvgIpc) is 2.35. The molecular formula is C14H16ClF3N2. The molecule has 1 aromatic carbocycles. The molecule has 0 saturated carbocycles. The van der Waals surface area contributed by atoms with Crippen molar-refractivity contribution in [2.45, 2.75) is 32.9 Å². The molecule has 0 fully saturated rings. The Hall–Kier alpha value is -1.41. The number of hydrogen-bond donors (Lipinski definition) is 1. The molecule has 2 nitrogen and oxygen atoms in total. The number of benzene rings is 1. The summed E-state index contributed by atoms with van der Waals surface area (Å²) < 4.78 is 37.7. The van der Waals surface area contributed by atoms with E-state index in [9.17, 15) is 13.2 Å². The van der Waals surface area contributed by atoms with Crippen molar-refractivity contribution >= 4 is 17.3 Å². The highest BCUT2D eigenvalue weighted by atomic mass is 35.5. The lowest BCUT2D eigenvalue weighted by Gasteiger charge is -2.16. The molecule has 20 heavy (non-hydrogen) atoms. The molecule has 0 aliphatic rings. The van der Waals surface area contributed by atoms with Crippen LogP contribution in [0.2, 0.25) is 5.02 Å². The minimum Gasteiger partial charge on any atom is -0.384 e. The summed E-state index contributed by atoms with van der Waals surface area (Å²) in [4.78, 5) is 0. The second-order valence-electron chi connectivity index (χ2n) is 5.22. The molecule has 0 radical (unpaired) electrons. The zero-order valence-electron chi connectivity index (χ0n) is 11.3. The Morgan fingerprint density at radius 3 is 2.50 bits per heavy atom. The van der Waals surface area contributed by atoms with Gasteiger partial charge in [0.2, 0.25) is 0 Å². The molecule has 1 N–H and O–H groups in total. The number of nitriles is 1. The van der Waals surface area contributed by atoms with Gasteiger partial charge in [0.25, 0.3) is 0 Å². The summed E-state index contributed by atoms with van der Waals surface area (Å²) in [5.74, 6) is 0. The molecule has 110 valence electrons. The summed E-state index contributed by atoms with van der Waals surface area (Å²) in [6.45, 7) is 4.11. The highest BCUT2D eigenvalue weighted by Crippen LogP contribution is 2.33. The molecule has 6 heteroatoms. The van der Waals surface area contributed by atoms with Gasteiger partial charge < -0.3 is 5.32 Å². The maximum atomic E-state index is 12.6. The SMILES string of the molecule is CC(C)(C#N)CCCNc1cc(C(F)(F)F)ccc1Cl. The zero-order valence-corrected chi connectivity index (χ0v) is 12.1. The van der Waals surface area contributed by atoms with Crippen LogP contribution >= 0.6 is 11.6 Å². The van der Waals surface area contributed by atoms with E-state index >= 15 is 0 Å². The largest absolute Gasteiger partial charge is 0.416 e. The topological polar surface area (TPSA) is 35.8 Å². The van der Waals surface area contributed by atoms with Crippen LogP contribution in [0.1, 0.15) is 32.3 Å². The van der Waals surface area contributed by atoms with Crippen molar-refractivity contribution in [3.63, 3.8) is 0 Å². The van der Waals surface area contributed by atoms with Gasteiger partial charge in [-0.15, -0.1) is 0 Å². The van der Waals surface area contributed by atoms with Crippen LogP contribution in [-0.4, -0.2) is 6.54 Å². The van der Waals surface area contributed by atoms with Crippen LogP contribution in [0, 0.1) is 16.7 Å². The van der Waals surface area contributed by atoms with Crippen molar-refractivity contribution < 1.29 is 13.2 Å². The molecule has 0 unspecified atom stereocenters. The Morgan fingerprint density at radius 1 is 1.30 bits per heavy atom. The van der Waals surface area contributed by atoms with Crippen molar-refractivity contribution in [2.75, 3.05) is 11.9 Å². The molecule has 0 saturated heterocycles. The summed E-state index contributed by atoms with van der Waals surface area (Å²) >= 11 is 5.86. The number of nitrogens with one attached hydrogen (secondary N) is 1. The minimum absolute atomic E-state index is 0.248. The Kier molecular flexibility index (Phi) is 5.29. The molecule has 1 aromatic rings. The van der Waals surface area contributed by atoms with Crippen molar-refractivity contribution in [3.05, 3.63) is 28.8 Å². The number of hydrogen-bond acceptors (Lipinski definition) is 2. The molecule has 0 heterocycles. The third kappa shape index (κ3) is 4.93. The van der Waals surface area contributed by atoms with Gasteiger partial charge in [-0.05, 0) is 44.9 Å². The van der Waals surface area contributed by atoms with E-state index in [0.717, 1.165) is 12.1 Å². The Labute approximate surface area is 121 Å². The molecule has 0 amide bonds. The van der Waals surface area contributed by atoms with E-state index in [1.54, 1.807) is 0 Å². The maximum absolute atomic E-state index is 12.6. The van der Waals surface area contributed by atoms with Gasteiger partial charge in [-0.2, -0.15) is 18.4 Å². The molecule has 0 atom stereocenters. The molecule has 0 aliphatic heterocycles. The van der Waals surface area contributed by atoms with Crippen LogP contribution in [0.3, 0.4) is 0 Å². The number of anilines is 1. The van der Waals surface area contributed by atoms with Crippen LogP contribution in [-0.2, 0) is 6.18 Å². The van der Waals surface area contributed by atoms with Gasteiger partial charge >= 0.3 is 6.18 Å². The second kappa shape index (κ2) is 6.36. The maximum Gasteiger partial charge on any atom is 0.416 e.